The van der Waals surface area contributed by atoms with Gasteiger partial charge in [-0.2, -0.15) is 0 Å². The monoisotopic (exact) mass is 256 g/mol. The lowest BCUT2D eigenvalue weighted by Crippen LogP contribution is -2.22. The van der Waals surface area contributed by atoms with E-state index in [-0.39, 0.29) is 5.92 Å². The van der Waals surface area contributed by atoms with Crippen molar-refractivity contribution in [2.24, 2.45) is 5.92 Å². The minimum absolute atomic E-state index is 0.289. The fourth-order valence-electron chi connectivity index (χ4n) is 2.98. The highest BCUT2D eigenvalue weighted by molar-refractivity contribution is 5.91. The molecule has 0 amide bonds. The normalized spacial score (nSPS) is 18.1. The van der Waals surface area contributed by atoms with Crippen molar-refractivity contribution in [2.45, 2.75) is 19.3 Å². The molecule has 2 aromatic carbocycles. The lowest BCUT2D eigenvalue weighted by molar-refractivity contribution is -0.142. The Kier molecular flexibility index (Phi) is 2.90. The standard InChI is InChI=1S/C16H16O3/c1-19-15-13-5-3-2-4-10(13)8-11-6-7-12(16(17)18)9-14(11)15/h2-5,8,12H,6-7,9H2,1H3,(H,17,18). The molecule has 1 aliphatic carbocycles. The number of carbonyl (C=O) groups is 1. The molecule has 0 heterocycles. The van der Waals surface area contributed by atoms with Crippen molar-refractivity contribution in [3.05, 3.63) is 41.5 Å². The Morgan fingerprint density at radius 3 is 2.89 bits per heavy atom. The van der Waals surface area contributed by atoms with Crippen molar-refractivity contribution in [2.75, 3.05) is 7.11 Å². The van der Waals surface area contributed by atoms with Gasteiger partial charge in [0.2, 0.25) is 0 Å². The quantitative estimate of drug-likeness (QED) is 0.898. The maximum atomic E-state index is 11.2. The molecule has 0 spiro atoms. The maximum absolute atomic E-state index is 11.2. The van der Waals surface area contributed by atoms with Gasteiger partial charge in [0.05, 0.1) is 13.0 Å². The van der Waals surface area contributed by atoms with E-state index in [4.69, 9.17) is 4.74 Å². The first kappa shape index (κ1) is 12.0. The van der Waals surface area contributed by atoms with Crippen LogP contribution in [-0.2, 0) is 17.6 Å². The second-order valence-corrected chi connectivity index (χ2v) is 5.05. The van der Waals surface area contributed by atoms with Crippen LogP contribution in [0.25, 0.3) is 10.8 Å². The van der Waals surface area contributed by atoms with E-state index in [0.29, 0.717) is 12.8 Å². The van der Waals surface area contributed by atoms with Crippen LogP contribution in [0.15, 0.2) is 30.3 Å². The number of aliphatic carboxylic acids is 1. The highest BCUT2D eigenvalue weighted by Crippen LogP contribution is 2.38. The molecule has 0 aromatic heterocycles. The first-order chi connectivity index (χ1) is 9.20. The third-order valence-corrected chi connectivity index (χ3v) is 3.96. The van der Waals surface area contributed by atoms with E-state index in [2.05, 4.69) is 12.1 Å². The average molecular weight is 256 g/mol. The Morgan fingerprint density at radius 2 is 2.16 bits per heavy atom. The lowest BCUT2D eigenvalue weighted by atomic mass is 9.82. The minimum Gasteiger partial charge on any atom is -0.496 e. The van der Waals surface area contributed by atoms with Gasteiger partial charge in [-0.1, -0.05) is 30.3 Å². The molecule has 1 unspecified atom stereocenters. The van der Waals surface area contributed by atoms with E-state index in [1.165, 1.54) is 5.56 Å². The molecular weight excluding hydrogens is 240 g/mol. The van der Waals surface area contributed by atoms with Crippen molar-refractivity contribution in [1.29, 1.82) is 0 Å². The predicted octanol–water partition coefficient (Wildman–Crippen LogP) is 3.04. The zero-order chi connectivity index (χ0) is 13.4. The van der Waals surface area contributed by atoms with Gasteiger partial charge in [0.1, 0.15) is 5.75 Å². The first-order valence-corrected chi connectivity index (χ1v) is 6.51. The van der Waals surface area contributed by atoms with E-state index < -0.39 is 5.97 Å². The highest BCUT2D eigenvalue weighted by atomic mass is 16.5. The summed E-state index contributed by atoms with van der Waals surface area (Å²) in [6, 6.07) is 10.3. The van der Waals surface area contributed by atoms with Crippen LogP contribution in [0.3, 0.4) is 0 Å². The summed E-state index contributed by atoms with van der Waals surface area (Å²) in [5, 5.41) is 11.4. The van der Waals surface area contributed by atoms with E-state index in [0.717, 1.165) is 28.5 Å². The Labute approximate surface area is 111 Å². The molecule has 0 bridgehead atoms. The van der Waals surface area contributed by atoms with Crippen LogP contribution >= 0.6 is 0 Å². The van der Waals surface area contributed by atoms with Gasteiger partial charge in [-0.25, -0.2) is 0 Å². The lowest BCUT2D eigenvalue weighted by Gasteiger charge is -2.24. The molecule has 98 valence electrons. The number of rotatable bonds is 2. The van der Waals surface area contributed by atoms with Crippen molar-refractivity contribution in [3.8, 4) is 5.75 Å². The molecular formula is C16H16O3. The van der Waals surface area contributed by atoms with Crippen LogP contribution in [0.1, 0.15) is 17.5 Å². The van der Waals surface area contributed by atoms with Gasteiger partial charge < -0.3 is 9.84 Å². The zero-order valence-electron chi connectivity index (χ0n) is 10.8. The van der Waals surface area contributed by atoms with Crippen LogP contribution in [0, 0.1) is 5.92 Å². The van der Waals surface area contributed by atoms with Gasteiger partial charge >= 0.3 is 5.97 Å². The number of ether oxygens (including phenoxy) is 1. The summed E-state index contributed by atoms with van der Waals surface area (Å²) in [6.45, 7) is 0. The summed E-state index contributed by atoms with van der Waals surface area (Å²) < 4.78 is 5.56. The number of hydrogen-bond donors (Lipinski definition) is 1. The second-order valence-electron chi connectivity index (χ2n) is 5.05. The molecule has 0 saturated carbocycles. The third-order valence-electron chi connectivity index (χ3n) is 3.96. The van der Waals surface area contributed by atoms with E-state index in [1.54, 1.807) is 7.11 Å². The number of hydrogen-bond acceptors (Lipinski definition) is 2. The summed E-state index contributed by atoms with van der Waals surface area (Å²) in [5.74, 6) is -0.150. The summed E-state index contributed by atoms with van der Waals surface area (Å²) in [7, 11) is 1.66. The number of methoxy groups -OCH3 is 1. The van der Waals surface area contributed by atoms with Gasteiger partial charge in [0.25, 0.3) is 0 Å². The molecule has 0 aliphatic heterocycles. The van der Waals surface area contributed by atoms with Crippen LogP contribution < -0.4 is 4.74 Å². The molecule has 2 aromatic rings. The molecule has 1 aliphatic rings. The summed E-state index contributed by atoms with van der Waals surface area (Å²) >= 11 is 0. The topological polar surface area (TPSA) is 46.5 Å². The number of carboxylic acids is 1. The molecule has 1 atom stereocenters. The van der Waals surface area contributed by atoms with Gasteiger partial charge in [-0.05, 0) is 35.8 Å². The molecule has 0 fully saturated rings. The smallest absolute Gasteiger partial charge is 0.306 e. The molecule has 3 heteroatoms. The van der Waals surface area contributed by atoms with Crippen LogP contribution in [0.4, 0.5) is 0 Å². The Morgan fingerprint density at radius 1 is 1.37 bits per heavy atom. The fraction of sp³-hybridized carbons (Fsp3) is 0.312. The van der Waals surface area contributed by atoms with Crippen molar-refractivity contribution in [3.63, 3.8) is 0 Å². The van der Waals surface area contributed by atoms with Crippen LogP contribution in [-0.4, -0.2) is 18.2 Å². The minimum atomic E-state index is -0.708. The van der Waals surface area contributed by atoms with Gasteiger partial charge in [0, 0.05) is 5.39 Å². The van der Waals surface area contributed by atoms with Crippen molar-refractivity contribution >= 4 is 16.7 Å². The van der Waals surface area contributed by atoms with Crippen molar-refractivity contribution in [1.82, 2.24) is 0 Å². The number of aryl methyl sites for hydroxylation is 1. The SMILES string of the molecule is COc1c2c(cc3ccccc13)CCC(C(=O)O)C2. The van der Waals surface area contributed by atoms with Crippen LogP contribution in [0.2, 0.25) is 0 Å². The Bertz CT molecular complexity index is 646. The van der Waals surface area contributed by atoms with Crippen LogP contribution in [0.5, 0.6) is 5.75 Å². The predicted molar refractivity (Wildman–Crippen MR) is 73.7 cm³/mol. The number of benzene rings is 2. The fourth-order valence-corrected chi connectivity index (χ4v) is 2.98. The summed E-state index contributed by atoms with van der Waals surface area (Å²) in [4.78, 5) is 11.2. The molecule has 0 saturated heterocycles. The molecule has 19 heavy (non-hydrogen) atoms. The third kappa shape index (κ3) is 1.95. The zero-order valence-corrected chi connectivity index (χ0v) is 10.8. The molecule has 3 rings (SSSR count). The summed E-state index contributed by atoms with van der Waals surface area (Å²) in [5.41, 5.74) is 2.30. The molecule has 3 nitrogen and oxygen atoms in total. The van der Waals surface area contributed by atoms with E-state index in [9.17, 15) is 9.90 Å². The maximum Gasteiger partial charge on any atom is 0.306 e. The van der Waals surface area contributed by atoms with Gasteiger partial charge in [-0.15, -0.1) is 0 Å². The van der Waals surface area contributed by atoms with Gasteiger partial charge in [-0.3, -0.25) is 4.79 Å². The van der Waals surface area contributed by atoms with E-state index >= 15 is 0 Å². The Hall–Kier alpha value is -2.03. The number of fused-ring (bicyclic) bond motifs is 2. The van der Waals surface area contributed by atoms with Crippen molar-refractivity contribution < 1.29 is 14.6 Å². The first-order valence-electron chi connectivity index (χ1n) is 6.51. The number of carboxylic acid groups (broad SMARTS) is 1. The second kappa shape index (κ2) is 4.57. The van der Waals surface area contributed by atoms with E-state index in [1.807, 2.05) is 18.2 Å². The summed E-state index contributed by atoms with van der Waals surface area (Å²) in [6.07, 6.45) is 2.09. The average Bonchev–Trinajstić information content (AvgIpc) is 2.44. The largest absolute Gasteiger partial charge is 0.496 e. The van der Waals surface area contributed by atoms with Gasteiger partial charge in [0.15, 0.2) is 0 Å². The Balaban J connectivity index is 2.19. The highest BCUT2D eigenvalue weighted by Gasteiger charge is 2.27. The molecule has 1 N–H and O–H groups in total. The molecule has 0 radical (unpaired) electrons.